The normalized spacial score (nSPS) is 16.6. The van der Waals surface area contributed by atoms with E-state index in [0.29, 0.717) is 0 Å². The van der Waals surface area contributed by atoms with Crippen LogP contribution in [0.4, 0.5) is 0 Å². The average Bonchev–Trinajstić information content (AvgIpc) is 2.27. The Balaban J connectivity index is 2.19. The van der Waals surface area contributed by atoms with Gasteiger partial charge in [0.05, 0.1) is 11.8 Å². The minimum atomic E-state index is -0.849. The van der Waals surface area contributed by atoms with E-state index in [1.165, 1.54) is 24.0 Å². The number of halogens is 1. The molecule has 0 spiro atoms. The number of alkyl halides is 1. The van der Waals surface area contributed by atoms with Crippen LogP contribution in [0, 0.1) is 0 Å². The molecule has 0 radical (unpaired) electrons. The lowest BCUT2D eigenvalue weighted by Crippen LogP contribution is -2.05. The Kier molecular flexibility index (Phi) is 3.49. The molecule has 0 fully saturated rings. The molecule has 1 unspecified atom stereocenters. The number of aliphatic carboxylic acids is 1. The van der Waals surface area contributed by atoms with Crippen LogP contribution in [0.5, 0.6) is 0 Å². The lowest BCUT2D eigenvalue weighted by atomic mass is 9.89. The van der Waals surface area contributed by atoms with Crippen LogP contribution in [-0.2, 0) is 17.6 Å². The number of aryl methyl sites for hydroxylation is 2. The van der Waals surface area contributed by atoms with Crippen molar-refractivity contribution in [2.24, 2.45) is 0 Å². The number of carbonyl (C=O) groups is 1. The summed E-state index contributed by atoms with van der Waals surface area (Å²) in [6.45, 7) is 0. The van der Waals surface area contributed by atoms with E-state index >= 15 is 0 Å². The highest BCUT2D eigenvalue weighted by atomic mass is 35.5. The lowest BCUT2D eigenvalue weighted by Gasteiger charge is -2.17. The molecule has 0 heterocycles. The van der Waals surface area contributed by atoms with Crippen LogP contribution < -0.4 is 0 Å². The maximum Gasteiger partial charge on any atom is 0.305 e. The summed E-state index contributed by atoms with van der Waals surface area (Å²) < 4.78 is 0. The third-order valence-electron chi connectivity index (χ3n) is 3.09. The summed E-state index contributed by atoms with van der Waals surface area (Å²) in [5.74, 6) is -0.849. The molecule has 1 aromatic carbocycles. The Morgan fingerprint density at radius 2 is 2.00 bits per heavy atom. The molecule has 0 aromatic heterocycles. The molecule has 2 rings (SSSR count). The number of fused-ring (bicyclic) bond motifs is 1. The van der Waals surface area contributed by atoms with Crippen LogP contribution in [-0.4, -0.2) is 11.1 Å². The Hall–Kier alpha value is -1.02. The van der Waals surface area contributed by atoms with Crippen molar-refractivity contribution in [1.82, 2.24) is 0 Å². The van der Waals surface area contributed by atoms with Gasteiger partial charge in [0.1, 0.15) is 0 Å². The maximum absolute atomic E-state index is 10.6. The SMILES string of the molecule is O=C(O)CC(Cl)c1ccc2c(c1)CCCC2. The lowest BCUT2D eigenvalue weighted by molar-refractivity contribution is -0.137. The Morgan fingerprint density at radius 1 is 1.31 bits per heavy atom. The van der Waals surface area contributed by atoms with Gasteiger partial charge in [-0.2, -0.15) is 0 Å². The number of hydrogen-bond acceptors (Lipinski definition) is 1. The van der Waals surface area contributed by atoms with E-state index in [1.807, 2.05) is 6.07 Å². The zero-order valence-corrected chi connectivity index (χ0v) is 9.83. The van der Waals surface area contributed by atoms with E-state index in [4.69, 9.17) is 16.7 Å². The van der Waals surface area contributed by atoms with Gasteiger partial charge in [0, 0.05) is 0 Å². The molecular weight excluding hydrogens is 224 g/mol. The molecular formula is C13H15ClO2. The summed E-state index contributed by atoms with van der Waals surface area (Å²) in [6.07, 6.45) is 4.70. The van der Waals surface area contributed by atoms with Crippen molar-refractivity contribution < 1.29 is 9.90 Å². The summed E-state index contributed by atoms with van der Waals surface area (Å²) in [6, 6.07) is 6.14. The van der Waals surface area contributed by atoms with E-state index in [9.17, 15) is 4.79 Å². The Labute approximate surface area is 100 Å². The van der Waals surface area contributed by atoms with Crippen LogP contribution in [0.25, 0.3) is 0 Å². The van der Waals surface area contributed by atoms with Crippen LogP contribution in [0.3, 0.4) is 0 Å². The number of benzene rings is 1. The van der Waals surface area contributed by atoms with Crippen LogP contribution in [0.15, 0.2) is 18.2 Å². The molecule has 0 bridgehead atoms. The third kappa shape index (κ3) is 2.56. The smallest absolute Gasteiger partial charge is 0.305 e. The molecule has 16 heavy (non-hydrogen) atoms. The first-order valence-corrected chi connectivity index (χ1v) is 6.08. The summed E-state index contributed by atoms with van der Waals surface area (Å²) in [4.78, 5) is 10.6. The predicted octanol–water partition coefficient (Wildman–Crippen LogP) is 3.32. The molecule has 86 valence electrons. The van der Waals surface area contributed by atoms with Crippen molar-refractivity contribution >= 4 is 17.6 Å². The Morgan fingerprint density at radius 3 is 2.69 bits per heavy atom. The molecule has 1 atom stereocenters. The molecule has 0 saturated heterocycles. The zero-order chi connectivity index (χ0) is 11.5. The van der Waals surface area contributed by atoms with Crippen molar-refractivity contribution in [3.05, 3.63) is 34.9 Å². The molecule has 2 nitrogen and oxygen atoms in total. The number of hydrogen-bond donors (Lipinski definition) is 1. The van der Waals surface area contributed by atoms with Gasteiger partial charge >= 0.3 is 5.97 Å². The first-order chi connectivity index (χ1) is 7.66. The van der Waals surface area contributed by atoms with Gasteiger partial charge in [-0.05, 0) is 42.4 Å². The Bertz CT molecular complexity index is 401. The van der Waals surface area contributed by atoms with E-state index in [1.54, 1.807) is 0 Å². The van der Waals surface area contributed by atoms with Crippen LogP contribution in [0.1, 0.15) is 41.3 Å². The monoisotopic (exact) mass is 238 g/mol. The van der Waals surface area contributed by atoms with Gasteiger partial charge in [-0.3, -0.25) is 4.79 Å². The van der Waals surface area contributed by atoms with E-state index in [0.717, 1.165) is 18.4 Å². The highest BCUT2D eigenvalue weighted by Crippen LogP contribution is 2.29. The molecule has 0 saturated carbocycles. The summed E-state index contributed by atoms with van der Waals surface area (Å²) in [7, 11) is 0. The number of rotatable bonds is 3. The number of carboxylic acid groups (broad SMARTS) is 1. The van der Waals surface area contributed by atoms with Gasteiger partial charge in [0.15, 0.2) is 0 Å². The molecule has 1 aliphatic carbocycles. The summed E-state index contributed by atoms with van der Waals surface area (Å²) in [5.41, 5.74) is 3.68. The fraction of sp³-hybridized carbons (Fsp3) is 0.462. The van der Waals surface area contributed by atoms with Crippen molar-refractivity contribution in [2.45, 2.75) is 37.5 Å². The fourth-order valence-corrected chi connectivity index (χ4v) is 2.49. The third-order valence-corrected chi connectivity index (χ3v) is 3.49. The molecule has 1 aromatic rings. The van der Waals surface area contributed by atoms with Gasteiger partial charge in [0.25, 0.3) is 0 Å². The van der Waals surface area contributed by atoms with E-state index in [2.05, 4.69) is 12.1 Å². The van der Waals surface area contributed by atoms with Crippen molar-refractivity contribution in [1.29, 1.82) is 0 Å². The van der Waals surface area contributed by atoms with Crippen molar-refractivity contribution in [3.63, 3.8) is 0 Å². The summed E-state index contributed by atoms with van der Waals surface area (Å²) >= 11 is 6.06. The van der Waals surface area contributed by atoms with Gasteiger partial charge in [-0.25, -0.2) is 0 Å². The van der Waals surface area contributed by atoms with E-state index in [-0.39, 0.29) is 6.42 Å². The average molecular weight is 239 g/mol. The van der Waals surface area contributed by atoms with Crippen molar-refractivity contribution in [3.8, 4) is 0 Å². The largest absolute Gasteiger partial charge is 0.481 e. The van der Waals surface area contributed by atoms with Crippen LogP contribution >= 0.6 is 11.6 Å². The highest BCUT2D eigenvalue weighted by molar-refractivity contribution is 6.21. The van der Waals surface area contributed by atoms with Crippen LogP contribution in [0.2, 0.25) is 0 Å². The molecule has 1 N–H and O–H groups in total. The predicted molar refractivity (Wildman–Crippen MR) is 63.9 cm³/mol. The second-order valence-electron chi connectivity index (χ2n) is 4.30. The highest BCUT2D eigenvalue weighted by Gasteiger charge is 2.15. The second kappa shape index (κ2) is 4.88. The molecule has 0 aliphatic heterocycles. The van der Waals surface area contributed by atoms with E-state index < -0.39 is 11.3 Å². The quantitative estimate of drug-likeness (QED) is 0.821. The molecule has 0 amide bonds. The molecule has 3 heteroatoms. The zero-order valence-electron chi connectivity index (χ0n) is 9.08. The van der Waals surface area contributed by atoms with Gasteiger partial charge in [0.2, 0.25) is 0 Å². The van der Waals surface area contributed by atoms with Gasteiger partial charge < -0.3 is 5.11 Å². The standard InChI is InChI=1S/C13H15ClO2/c14-12(8-13(15)16)11-6-5-9-3-1-2-4-10(9)7-11/h5-7,12H,1-4,8H2,(H,15,16). The van der Waals surface area contributed by atoms with Crippen molar-refractivity contribution in [2.75, 3.05) is 0 Å². The first kappa shape index (κ1) is 11.5. The topological polar surface area (TPSA) is 37.3 Å². The second-order valence-corrected chi connectivity index (χ2v) is 4.83. The summed E-state index contributed by atoms with van der Waals surface area (Å²) in [5, 5.41) is 8.29. The minimum Gasteiger partial charge on any atom is -0.481 e. The fourth-order valence-electron chi connectivity index (χ4n) is 2.22. The molecule has 1 aliphatic rings. The van der Waals surface area contributed by atoms with Gasteiger partial charge in [-0.15, -0.1) is 11.6 Å². The minimum absolute atomic E-state index is 0.0135. The van der Waals surface area contributed by atoms with Gasteiger partial charge in [-0.1, -0.05) is 18.2 Å². The number of carboxylic acids is 1. The maximum atomic E-state index is 10.6. The first-order valence-electron chi connectivity index (χ1n) is 5.64.